The molecule has 3 nitrogen and oxygen atoms in total. The van der Waals surface area contributed by atoms with Gasteiger partial charge in [-0.05, 0) is 31.9 Å². The quantitative estimate of drug-likeness (QED) is 0.770. The first-order valence-corrected chi connectivity index (χ1v) is 6.31. The monoisotopic (exact) mass is 237 g/mol. The molecule has 0 atom stereocenters. The van der Waals surface area contributed by atoms with Crippen molar-refractivity contribution in [2.24, 2.45) is 0 Å². The molecule has 0 radical (unpaired) electrons. The highest BCUT2D eigenvalue weighted by Crippen LogP contribution is 2.30. The van der Waals surface area contributed by atoms with E-state index in [1.807, 2.05) is 11.9 Å². The van der Waals surface area contributed by atoms with Gasteiger partial charge >= 0.3 is 0 Å². The minimum atomic E-state index is -0.175. The highest BCUT2D eigenvalue weighted by molar-refractivity contribution is 5.44. The minimum Gasteiger partial charge on any atom is -0.354 e. The van der Waals surface area contributed by atoms with Gasteiger partial charge in [-0.25, -0.2) is 9.37 Å². The van der Waals surface area contributed by atoms with E-state index in [1.54, 1.807) is 12.3 Å². The number of halogens is 1. The Morgan fingerprint density at radius 2 is 2.29 bits per heavy atom. The summed E-state index contributed by atoms with van der Waals surface area (Å²) in [6.07, 6.45) is 5.05. The van der Waals surface area contributed by atoms with E-state index >= 15 is 0 Å². The fraction of sp³-hybridized carbons (Fsp3) is 0.615. The number of aromatic nitrogens is 1. The lowest BCUT2D eigenvalue weighted by Gasteiger charge is -2.19. The molecule has 1 fully saturated rings. The van der Waals surface area contributed by atoms with Gasteiger partial charge in [0.05, 0.1) is 0 Å². The first-order chi connectivity index (χ1) is 8.24. The van der Waals surface area contributed by atoms with E-state index in [4.69, 9.17) is 0 Å². The van der Waals surface area contributed by atoms with Crippen LogP contribution in [0.5, 0.6) is 0 Å². The van der Waals surface area contributed by atoms with Crippen molar-refractivity contribution in [3.05, 3.63) is 23.6 Å². The normalized spacial score (nSPS) is 15.0. The van der Waals surface area contributed by atoms with Crippen molar-refractivity contribution >= 4 is 5.82 Å². The average Bonchev–Trinajstić information content (AvgIpc) is 3.15. The van der Waals surface area contributed by atoms with E-state index in [9.17, 15) is 4.39 Å². The lowest BCUT2D eigenvalue weighted by atomic mass is 10.2. The first kappa shape index (κ1) is 12.3. The Morgan fingerprint density at radius 3 is 2.94 bits per heavy atom. The van der Waals surface area contributed by atoms with Crippen LogP contribution in [0.25, 0.3) is 0 Å². The van der Waals surface area contributed by atoms with Gasteiger partial charge in [-0.3, -0.25) is 0 Å². The lowest BCUT2D eigenvalue weighted by molar-refractivity contribution is 0.577. The van der Waals surface area contributed by atoms with Crippen LogP contribution in [0.1, 0.15) is 31.7 Å². The fourth-order valence-corrected chi connectivity index (χ4v) is 1.89. The number of nitrogens with zero attached hydrogens (tertiary/aromatic N) is 2. The SMILES string of the molecule is CCCNCc1ccnc(N(C)C2CC2)c1F. The van der Waals surface area contributed by atoms with Gasteiger partial charge in [0, 0.05) is 31.4 Å². The van der Waals surface area contributed by atoms with Crippen LogP contribution in [0.15, 0.2) is 12.3 Å². The zero-order valence-corrected chi connectivity index (χ0v) is 10.5. The third kappa shape index (κ3) is 2.94. The molecule has 1 aliphatic rings. The van der Waals surface area contributed by atoms with Crippen LogP contribution in [0.4, 0.5) is 10.2 Å². The summed E-state index contributed by atoms with van der Waals surface area (Å²) in [5.41, 5.74) is 0.705. The van der Waals surface area contributed by atoms with Gasteiger partial charge in [-0.1, -0.05) is 6.92 Å². The summed E-state index contributed by atoms with van der Waals surface area (Å²) in [6, 6.07) is 2.23. The molecule has 0 aromatic carbocycles. The first-order valence-electron chi connectivity index (χ1n) is 6.31. The van der Waals surface area contributed by atoms with Crippen LogP contribution in [-0.4, -0.2) is 24.6 Å². The molecule has 0 aliphatic heterocycles. The summed E-state index contributed by atoms with van der Waals surface area (Å²) >= 11 is 0. The maximum Gasteiger partial charge on any atom is 0.170 e. The van der Waals surface area contributed by atoms with E-state index < -0.39 is 0 Å². The molecule has 0 amide bonds. The van der Waals surface area contributed by atoms with Gasteiger partial charge in [0.25, 0.3) is 0 Å². The number of pyridine rings is 1. The Balaban J connectivity index is 2.08. The summed E-state index contributed by atoms with van der Waals surface area (Å²) in [4.78, 5) is 6.11. The Bertz CT molecular complexity index is 377. The van der Waals surface area contributed by atoms with Crippen molar-refractivity contribution in [3.63, 3.8) is 0 Å². The molecule has 0 saturated heterocycles. The van der Waals surface area contributed by atoms with Gasteiger partial charge in [-0.2, -0.15) is 0 Å². The van der Waals surface area contributed by atoms with Crippen molar-refractivity contribution in [3.8, 4) is 0 Å². The largest absolute Gasteiger partial charge is 0.354 e. The molecular formula is C13H20FN3. The second-order valence-corrected chi connectivity index (χ2v) is 4.63. The Labute approximate surface area is 102 Å². The Morgan fingerprint density at radius 1 is 1.53 bits per heavy atom. The van der Waals surface area contributed by atoms with Crippen molar-refractivity contribution in [1.82, 2.24) is 10.3 Å². The topological polar surface area (TPSA) is 28.2 Å². The fourth-order valence-electron chi connectivity index (χ4n) is 1.89. The maximum absolute atomic E-state index is 14.2. The molecule has 1 saturated carbocycles. The van der Waals surface area contributed by atoms with E-state index in [2.05, 4.69) is 17.2 Å². The van der Waals surface area contributed by atoms with E-state index in [0.717, 1.165) is 25.8 Å². The molecule has 1 aliphatic carbocycles. The summed E-state index contributed by atoms with van der Waals surface area (Å²) in [5, 5.41) is 3.22. The van der Waals surface area contributed by atoms with Crippen LogP contribution in [0.3, 0.4) is 0 Å². The molecule has 0 unspecified atom stereocenters. The number of hydrogen-bond donors (Lipinski definition) is 1. The molecular weight excluding hydrogens is 217 g/mol. The maximum atomic E-state index is 14.2. The second-order valence-electron chi connectivity index (χ2n) is 4.63. The van der Waals surface area contributed by atoms with Gasteiger partial charge < -0.3 is 10.2 Å². The van der Waals surface area contributed by atoms with Gasteiger partial charge in [-0.15, -0.1) is 0 Å². The average molecular weight is 237 g/mol. The molecule has 0 bridgehead atoms. The standard InChI is InChI=1S/C13H20FN3/c1-3-7-15-9-10-6-8-16-13(12(10)14)17(2)11-4-5-11/h6,8,11,15H,3-5,7,9H2,1-2H3. The lowest BCUT2D eigenvalue weighted by Crippen LogP contribution is -2.23. The van der Waals surface area contributed by atoms with E-state index in [0.29, 0.717) is 24.0 Å². The summed E-state index contributed by atoms with van der Waals surface area (Å²) in [6.45, 7) is 3.59. The zero-order chi connectivity index (χ0) is 12.3. The molecule has 0 spiro atoms. The summed E-state index contributed by atoms with van der Waals surface area (Å²) < 4.78 is 14.2. The molecule has 2 rings (SSSR count). The van der Waals surface area contributed by atoms with Crippen molar-refractivity contribution < 1.29 is 4.39 Å². The van der Waals surface area contributed by atoms with Crippen molar-refractivity contribution in [2.45, 2.75) is 38.8 Å². The number of anilines is 1. The van der Waals surface area contributed by atoms with Crippen LogP contribution in [0.2, 0.25) is 0 Å². The van der Waals surface area contributed by atoms with Crippen molar-refractivity contribution in [1.29, 1.82) is 0 Å². The molecule has 17 heavy (non-hydrogen) atoms. The molecule has 1 aromatic rings. The molecule has 4 heteroatoms. The van der Waals surface area contributed by atoms with Crippen LogP contribution in [-0.2, 0) is 6.54 Å². The number of nitrogens with one attached hydrogen (secondary N) is 1. The number of hydrogen-bond acceptors (Lipinski definition) is 3. The summed E-state index contributed by atoms with van der Waals surface area (Å²) in [7, 11) is 1.92. The minimum absolute atomic E-state index is 0.175. The van der Waals surface area contributed by atoms with Crippen LogP contribution < -0.4 is 10.2 Å². The smallest absolute Gasteiger partial charge is 0.170 e. The van der Waals surface area contributed by atoms with Crippen LogP contribution in [0, 0.1) is 5.82 Å². The number of rotatable bonds is 6. The molecule has 1 N–H and O–H groups in total. The van der Waals surface area contributed by atoms with Gasteiger partial charge in [0.1, 0.15) is 0 Å². The van der Waals surface area contributed by atoms with E-state index in [-0.39, 0.29) is 5.82 Å². The second kappa shape index (κ2) is 5.45. The summed E-state index contributed by atoms with van der Waals surface area (Å²) in [5.74, 6) is 0.314. The molecule has 1 aromatic heterocycles. The zero-order valence-electron chi connectivity index (χ0n) is 10.5. The van der Waals surface area contributed by atoms with Crippen molar-refractivity contribution in [2.75, 3.05) is 18.5 Å². The molecule has 94 valence electrons. The highest BCUT2D eigenvalue weighted by atomic mass is 19.1. The molecule has 1 heterocycles. The van der Waals surface area contributed by atoms with Gasteiger partial charge in [0.15, 0.2) is 11.6 Å². The third-order valence-corrected chi connectivity index (χ3v) is 3.12. The van der Waals surface area contributed by atoms with Crippen LogP contribution >= 0.6 is 0 Å². The van der Waals surface area contributed by atoms with Gasteiger partial charge in [0.2, 0.25) is 0 Å². The Kier molecular flexibility index (Phi) is 3.94. The predicted molar refractivity (Wildman–Crippen MR) is 67.6 cm³/mol. The Hall–Kier alpha value is -1.16. The van der Waals surface area contributed by atoms with E-state index in [1.165, 1.54) is 0 Å². The highest BCUT2D eigenvalue weighted by Gasteiger charge is 2.29. The third-order valence-electron chi connectivity index (χ3n) is 3.12. The predicted octanol–water partition coefficient (Wildman–Crippen LogP) is 2.32.